The van der Waals surface area contributed by atoms with Gasteiger partial charge >= 0.3 is 0 Å². The smallest absolute Gasteiger partial charge is 0.119 e. The Labute approximate surface area is 135 Å². The first-order chi connectivity index (χ1) is 10.7. The van der Waals surface area contributed by atoms with Crippen LogP contribution in [0.5, 0.6) is 5.75 Å². The van der Waals surface area contributed by atoms with Gasteiger partial charge in [0.05, 0.1) is 24.9 Å². The highest BCUT2D eigenvalue weighted by molar-refractivity contribution is 7.11. The maximum absolute atomic E-state index is 10.3. The quantitative estimate of drug-likeness (QED) is 0.859. The molecule has 0 saturated carbocycles. The van der Waals surface area contributed by atoms with Gasteiger partial charge in [-0.15, -0.1) is 11.3 Å². The van der Waals surface area contributed by atoms with Gasteiger partial charge in [0, 0.05) is 11.4 Å². The van der Waals surface area contributed by atoms with Crippen LogP contribution in [0, 0.1) is 0 Å². The zero-order valence-electron chi connectivity index (χ0n) is 13.0. The number of benzene rings is 1. The van der Waals surface area contributed by atoms with Crippen molar-refractivity contribution in [2.75, 3.05) is 13.7 Å². The molecule has 118 valence electrons. The summed E-state index contributed by atoms with van der Waals surface area (Å²) in [6.45, 7) is 2.60. The van der Waals surface area contributed by atoms with Crippen molar-refractivity contribution < 1.29 is 9.84 Å². The molecule has 2 unspecified atom stereocenters. The van der Waals surface area contributed by atoms with Crippen LogP contribution < -0.4 is 10.1 Å². The number of hydrogen-bond acceptors (Lipinski definition) is 5. The molecule has 1 aromatic heterocycles. The molecule has 1 aliphatic carbocycles. The van der Waals surface area contributed by atoms with Crippen LogP contribution in [0.1, 0.15) is 46.6 Å². The standard InChI is InChI=1S/C17H22N2O2S/c1-11(17-19-14-7-4-8-16(14)22-17)18-10-15(20)12-5-3-6-13(9-12)21-2/h3,5-6,9,11,15,18,20H,4,7-8,10H2,1-2H3. The lowest BCUT2D eigenvalue weighted by atomic mass is 10.1. The second-order valence-corrected chi connectivity index (χ2v) is 6.81. The lowest BCUT2D eigenvalue weighted by Gasteiger charge is -2.16. The van der Waals surface area contributed by atoms with Crippen molar-refractivity contribution in [2.45, 2.75) is 38.3 Å². The number of aliphatic hydroxyl groups is 1. The number of methoxy groups -OCH3 is 1. The minimum atomic E-state index is -0.552. The van der Waals surface area contributed by atoms with Crippen LogP contribution in [0.2, 0.25) is 0 Å². The third-order valence-corrected chi connectivity index (χ3v) is 5.42. The van der Waals surface area contributed by atoms with E-state index in [4.69, 9.17) is 9.72 Å². The van der Waals surface area contributed by atoms with Crippen molar-refractivity contribution in [3.63, 3.8) is 0 Å². The fraction of sp³-hybridized carbons (Fsp3) is 0.471. The van der Waals surface area contributed by atoms with E-state index in [-0.39, 0.29) is 6.04 Å². The van der Waals surface area contributed by atoms with Crippen LogP contribution in [-0.4, -0.2) is 23.7 Å². The number of nitrogens with one attached hydrogen (secondary N) is 1. The topological polar surface area (TPSA) is 54.4 Å². The van der Waals surface area contributed by atoms with Gasteiger partial charge in [0.1, 0.15) is 10.8 Å². The molecule has 0 radical (unpaired) electrons. The molecule has 1 heterocycles. The fourth-order valence-electron chi connectivity index (χ4n) is 2.74. The molecule has 5 heteroatoms. The van der Waals surface area contributed by atoms with Crippen LogP contribution >= 0.6 is 11.3 Å². The molecule has 22 heavy (non-hydrogen) atoms. The SMILES string of the molecule is COc1cccc(C(O)CNC(C)c2nc3c(s2)CCC3)c1. The average Bonchev–Trinajstić information content (AvgIpc) is 3.14. The molecular formula is C17H22N2O2S. The van der Waals surface area contributed by atoms with E-state index in [1.807, 2.05) is 35.6 Å². The lowest BCUT2D eigenvalue weighted by Crippen LogP contribution is -2.24. The van der Waals surface area contributed by atoms with Gasteiger partial charge in [0.2, 0.25) is 0 Å². The van der Waals surface area contributed by atoms with Gasteiger partial charge in [0.15, 0.2) is 0 Å². The van der Waals surface area contributed by atoms with Crippen LogP contribution in [0.3, 0.4) is 0 Å². The summed E-state index contributed by atoms with van der Waals surface area (Å²) >= 11 is 1.81. The summed E-state index contributed by atoms with van der Waals surface area (Å²) in [6, 6.07) is 7.72. The summed E-state index contributed by atoms with van der Waals surface area (Å²) in [4.78, 5) is 6.16. The molecule has 1 aromatic carbocycles. The fourth-order valence-corrected chi connectivity index (χ4v) is 3.92. The highest BCUT2D eigenvalue weighted by Gasteiger charge is 2.20. The maximum Gasteiger partial charge on any atom is 0.119 e. The normalized spacial score (nSPS) is 16.3. The van der Waals surface area contributed by atoms with E-state index in [1.54, 1.807) is 7.11 Å². The number of aliphatic hydroxyl groups excluding tert-OH is 1. The van der Waals surface area contributed by atoms with Crippen molar-refractivity contribution >= 4 is 11.3 Å². The van der Waals surface area contributed by atoms with Crippen LogP contribution in [0.25, 0.3) is 0 Å². The predicted molar refractivity (Wildman–Crippen MR) is 88.5 cm³/mol. The van der Waals surface area contributed by atoms with Gasteiger partial charge in [-0.3, -0.25) is 0 Å². The van der Waals surface area contributed by atoms with Crippen molar-refractivity contribution in [3.8, 4) is 5.75 Å². The summed E-state index contributed by atoms with van der Waals surface area (Å²) in [6.07, 6.45) is 2.98. The zero-order chi connectivity index (χ0) is 15.5. The average molecular weight is 318 g/mol. The van der Waals surface area contributed by atoms with Gasteiger partial charge in [-0.05, 0) is 43.9 Å². The number of aromatic nitrogens is 1. The number of fused-ring (bicyclic) bond motifs is 1. The van der Waals surface area contributed by atoms with E-state index in [2.05, 4.69) is 12.2 Å². The monoisotopic (exact) mass is 318 g/mol. The van der Waals surface area contributed by atoms with Crippen molar-refractivity contribution in [2.24, 2.45) is 0 Å². The first-order valence-electron chi connectivity index (χ1n) is 7.71. The van der Waals surface area contributed by atoms with E-state index < -0.39 is 6.10 Å². The lowest BCUT2D eigenvalue weighted by molar-refractivity contribution is 0.170. The molecule has 0 amide bonds. The van der Waals surface area contributed by atoms with E-state index in [1.165, 1.54) is 23.4 Å². The number of aryl methyl sites for hydroxylation is 2. The molecule has 0 spiro atoms. The van der Waals surface area contributed by atoms with Crippen molar-refractivity contribution in [3.05, 3.63) is 45.4 Å². The van der Waals surface area contributed by atoms with Crippen LogP contribution in [0.15, 0.2) is 24.3 Å². The highest BCUT2D eigenvalue weighted by atomic mass is 32.1. The van der Waals surface area contributed by atoms with Crippen molar-refractivity contribution in [1.29, 1.82) is 0 Å². The van der Waals surface area contributed by atoms with E-state index in [0.29, 0.717) is 6.54 Å². The molecule has 3 rings (SSSR count). The Hall–Kier alpha value is -1.43. The minimum Gasteiger partial charge on any atom is -0.497 e. The second-order valence-electron chi connectivity index (χ2n) is 5.70. The van der Waals surface area contributed by atoms with Gasteiger partial charge in [-0.2, -0.15) is 0 Å². The number of thiazole rings is 1. The summed E-state index contributed by atoms with van der Waals surface area (Å²) in [5.41, 5.74) is 2.14. The molecule has 0 aliphatic heterocycles. The zero-order valence-corrected chi connectivity index (χ0v) is 13.8. The molecule has 0 fully saturated rings. The van der Waals surface area contributed by atoms with E-state index in [0.717, 1.165) is 22.7 Å². The Bertz CT molecular complexity index is 620. The molecule has 2 aromatic rings. The Morgan fingerprint density at radius 2 is 2.27 bits per heavy atom. The summed E-state index contributed by atoms with van der Waals surface area (Å²) in [5.74, 6) is 0.765. The molecule has 1 aliphatic rings. The Morgan fingerprint density at radius 3 is 3.05 bits per heavy atom. The van der Waals surface area contributed by atoms with Crippen LogP contribution in [-0.2, 0) is 12.8 Å². The maximum atomic E-state index is 10.3. The first-order valence-corrected chi connectivity index (χ1v) is 8.53. The Kier molecular flexibility index (Phi) is 4.76. The van der Waals surface area contributed by atoms with E-state index in [9.17, 15) is 5.11 Å². The van der Waals surface area contributed by atoms with Gasteiger partial charge < -0.3 is 15.2 Å². The minimum absolute atomic E-state index is 0.163. The first kappa shape index (κ1) is 15.5. The van der Waals surface area contributed by atoms with Gasteiger partial charge in [0.25, 0.3) is 0 Å². The third kappa shape index (κ3) is 3.32. The number of ether oxygens (including phenoxy) is 1. The molecular weight excluding hydrogens is 296 g/mol. The number of hydrogen-bond donors (Lipinski definition) is 2. The summed E-state index contributed by atoms with van der Waals surface area (Å²) < 4.78 is 5.19. The number of nitrogens with zero attached hydrogens (tertiary/aromatic N) is 1. The highest BCUT2D eigenvalue weighted by Crippen LogP contribution is 2.30. The van der Waals surface area contributed by atoms with E-state index >= 15 is 0 Å². The summed E-state index contributed by atoms with van der Waals surface area (Å²) in [7, 11) is 1.63. The van der Waals surface area contributed by atoms with Gasteiger partial charge in [-0.1, -0.05) is 12.1 Å². The third-order valence-electron chi connectivity index (χ3n) is 4.08. The van der Waals surface area contributed by atoms with Crippen LogP contribution in [0.4, 0.5) is 0 Å². The molecule has 0 saturated heterocycles. The van der Waals surface area contributed by atoms with Crippen molar-refractivity contribution in [1.82, 2.24) is 10.3 Å². The Balaban J connectivity index is 1.58. The Morgan fingerprint density at radius 1 is 1.41 bits per heavy atom. The van der Waals surface area contributed by atoms with Gasteiger partial charge in [-0.25, -0.2) is 4.98 Å². The molecule has 2 atom stereocenters. The largest absolute Gasteiger partial charge is 0.497 e. The molecule has 0 bridgehead atoms. The predicted octanol–water partition coefficient (Wildman–Crippen LogP) is 3.02. The number of rotatable bonds is 6. The summed E-state index contributed by atoms with van der Waals surface area (Å²) in [5, 5.41) is 14.8. The second kappa shape index (κ2) is 6.77. The molecule has 2 N–H and O–H groups in total. The molecule has 4 nitrogen and oxygen atoms in total.